The van der Waals surface area contributed by atoms with Gasteiger partial charge in [-0.3, -0.25) is 4.79 Å². The second-order valence-electron chi connectivity index (χ2n) is 7.06. The Morgan fingerprint density at radius 1 is 1.17 bits per heavy atom. The molecule has 0 bridgehead atoms. The number of methoxy groups -OCH3 is 1. The molecule has 0 aliphatic carbocycles. The summed E-state index contributed by atoms with van der Waals surface area (Å²) < 4.78 is 4.59. The molecule has 2 amide bonds. The molecule has 1 unspecified atom stereocenters. The Balaban J connectivity index is 1.83. The van der Waals surface area contributed by atoms with Gasteiger partial charge in [0.2, 0.25) is 0 Å². The summed E-state index contributed by atoms with van der Waals surface area (Å²) in [4.78, 5) is 30.8. The minimum atomic E-state index is -0.719. The number of hydrogen-bond acceptors (Lipinski definition) is 5. The number of oxime groups is 1. The average Bonchev–Trinajstić information content (AvgIpc) is 3.09. The van der Waals surface area contributed by atoms with Gasteiger partial charge in [0, 0.05) is 34.6 Å². The zero-order valence-electron chi connectivity index (χ0n) is 16.5. The van der Waals surface area contributed by atoms with E-state index in [1.165, 1.54) is 14.2 Å². The topological polar surface area (TPSA) is 68.2 Å². The summed E-state index contributed by atoms with van der Waals surface area (Å²) in [6.45, 7) is 3.72. The molecule has 8 heteroatoms. The first kappa shape index (κ1) is 21.1. The Morgan fingerprint density at radius 2 is 1.83 bits per heavy atom. The monoisotopic (exact) mass is 434 g/mol. The van der Waals surface area contributed by atoms with Crippen LogP contribution in [0.5, 0.6) is 0 Å². The first-order chi connectivity index (χ1) is 13.6. The van der Waals surface area contributed by atoms with Gasteiger partial charge in [-0.25, -0.2) is 9.69 Å². The first-order valence-corrected chi connectivity index (χ1v) is 9.59. The normalized spacial score (nSPS) is 18.1. The van der Waals surface area contributed by atoms with Crippen molar-refractivity contribution in [1.82, 2.24) is 4.90 Å². The lowest BCUT2D eigenvalue weighted by molar-refractivity contribution is -0.00737. The van der Waals surface area contributed by atoms with Crippen molar-refractivity contribution in [3.8, 4) is 0 Å². The van der Waals surface area contributed by atoms with Crippen molar-refractivity contribution in [2.24, 2.45) is 5.16 Å². The van der Waals surface area contributed by atoms with E-state index < -0.39 is 17.6 Å². The molecule has 152 valence electrons. The molecule has 0 radical (unpaired) electrons. The van der Waals surface area contributed by atoms with Gasteiger partial charge >= 0.3 is 6.09 Å². The maximum absolute atomic E-state index is 12.5. The Morgan fingerprint density at radius 3 is 2.41 bits per heavy atom. The number of amides is 2. The molecule has 0 aromatic heterocycles. The highest BCUT2D eigenvalue weighted by Crippen LogP contribution is 2.38. The van der Waals surface area contributed by atoms with Crippen LogP contribution < -0.4 is 0 Å². The highest BCUT2D eigenvalue weighted by atomic mass is 35.5. The van der Waals surface area contributed by atoms with Crippen LogP contribution in [0.25, 0.3) is 0 Å². The van der Waals surface area contributed by atoms with Crippen LogP contribution in [-0.4, -0.2) is 36.8 Å². The van der Waals surface area contributed by atoms with E-state index in [2.05, 4.69) is 9.89 Å². The van der Waals surface area contributed by atoms with E-state index in [1.54, 1.807) is 25.1 Å². The number of nitrogens with zero attached hydrogens (tertiary/aromatic N) is 2. The summed E-state index contributed by atoms with van der Waals surface area (Å²) in [6, 6.07) is 10.6. The van der Waals surface area contributed by atoms with Crippen LogP contribution in [0, 0.1) is 6.92 Å². The molecule has 0 saturated heterocycles. The number of benzene rings is 2. The van der Waals surface area contributed by atoms with E-state index >= 15 is 0 Å². The lowest BCUT2D eigenvalue weighted by Gasteiger charge is -2.22. The maximum Gasteiger partial charge on any atom is 0.416 e. The van der Waals surface area contributed by atoms with Gasteiger partial charge < -0.3 is 9.57 Å². The summed E-state index contributed by atoms with van der Waals surface area (Å²) in [6.07, 6.45) is -0.207. The van der Waals surface area contributed by atoms with Crippen molar-refractivity contribution < 1.29 is 19.2 Å². The molecule has 1 heterocycles. The van der Waals surface area contributed by atoms with E-state index in [0.717, 1.165) is 21.7 Å². The molecular weight excluding hydrogens is 415 g/mol. The smallest absolute Gasteiger partial charge is 0.416 e. The quantitative estimate of drug-likeness (QED) is 0.666. The second kappa shape index (κ2) is 8.05. The van der Waals surface area contributed by atoms with Gasteiger partial charge in [0.05, 0.1) is 12.8 Å². The van der Waals surface area contributed by atoms with Gasteiger partial charge in [-0.2, -0.15) is 0 Å². The Hall–Kier alpha value is -2.57. The zero-order valence-corrected chi connectivity index (χ0v) is 18.0. The Kier molecular flexibility index (Phi) is 5.87. The lowest BCUT2D eigenvalue weighted by Crippen LogP contribution is -2.33. The first-order valence-electron chi connectivity index (χ1n) is 8.83. The molecule has 29 heavy (non-hydrogen) atoms. The summed E-state index contributed by atoms with van der Waals surface area (Å²) >= 11 is 12.2. The second-order valence-corrected chi connectivity index (χ2v) is 7.93. The fraction of sp³-hybridized carbons (Fsp3) is 0.286. The molecule has 1 aliphatic rings. The van der Waals surface area contributed by atoms with Crippen LogP contribution in [0.4, 0.5) is 4.79 Å². The third kappa shape index (κ3) is 4.23. The fourth-order valence-corrected chi connectivity index (χ4v) is 3.72. The number of aryl methyl sites for hydroxylation is 1. The number of halogens is 2. The van der Waals surface area contributed by atoms with E-state index in [1.807, 2.05) is 25.1 Å². The zero-order chi connectivity index (χ0) is 21.3. The highest BCUT2D eigenvalue weighted by molar-refractivity contribution is 6.34. The van der Waals surface area contributed by atoms with Crippen LogP contribution >= 0.6 is 23.2 Å². The molecule has 1 aliphatic heterocycles. The van der Waals surface area contributed by atoms with Crippen molar-refractivity contribution >= 4 is 40.9 Å². The van der Waals surface area contributed by atoms with Gasteiger partial charge in [0.1, 0.15) is 0 Å². The number of hydrogen-bond donors (Lipinski definition) is 0. The highest BCUT2D eigenvalue weighted by Gasteiger charge is 2.37. The van der Waals surface area contributed by atoms with Crippen LogP contribution in [0.15, 0.2) is 41.6 Å². The van der Waals surface area contributed by atoms with Crippen molar-refractivity contribution in [2.75, 3.05) is 14.2 Å². The van der Waals surface area contributed by atoms with Crippen molar-refractivity contribution in [2.45, 2.75) is 25.9 Å². The number of ether oxygens (including phenoxy) is 1. The Labute approximate surface area is 179 Å². The number of carbonyl (C=O) groups is 2. The molecule has 0 fully saturated rings. The minimum absolute atomic E-state index is 0.408. The van der Waals surface area contributed by atoms with E-state index in [9.17, 15) is 9.59 Å². The van der Waals surface area contributed by atoms with Gasteiger partial charge in [0.25, 0.3) is 5.91 Å². The molecule has 0 spiro atoms. The summed E-state index contributed by atoms with van der Waals surface area (Å²) in [5.74, 6) is -0.441. The third-order valence-electron chi connectivity index (χ3n) is 4.88. The predicted octanol–water partition coefficient (Wildman–Crippen LogP) is 5.18. The summed E-state index contributed by atoms with van der Waals surface area (Å²) in [5, 5.41) is 5.30. The molecule has 0 N–H and O–H groups in total. The van der Waals surface area contributed by atoms with Crippen LogP contribution in [0.3, 0.4) is 0 Å². The maximum atomic E-state index is 12.5. The summed E-state index contributed by atoms with van der Waals surface area (Å²) in [7, 11) is 2.60. The van der Waals surface area contributed by atoms with Gasteiger partial charge in [-0.1, -0.05) is 34.4 Å². The standard InChI is InChI=1S/C21H20Cl2N2O4/c1-12-7-13(5-6-17(12)19(26)25(3)20(27)28-4)18-11-21(2,29-24-18)14-8-15(22)10-16(23)9-14/h5-10H,11H2,1-4H3. The van der Waals surface area contributed by atoms with Gasteiger partial charge in [0.15, 0.2) is 5.60 Å². The molecule has 1 atom stereocenters. The molecule has 2 aromatic carbocycles. The van der Waals surface area contributed by atoms with Gasteiger partial charge in [-0.15, -0.1) is 0 Å². The molecular formula is C21H20Cl2N2O4. The Bertz CT molecular complexity index is 1000. The third-order valence-corrected chi connectivity index (χ3v) is 5.31. The largest absolute Gasteiger partial charge is 0.452 e. The molecule has 2 aromatic rings. The van der Waals surface area contributed by atoms with Crippen LogP contribution in [-0.2, 0) is 15.2 Å². The summed E-state index contributed by atoms with van der Waals surface area (Å²) in [5.41, 5.74) is 2.83. The fourth-order valence-electron chi connectivity index (χ4n) is 3.19. The molecule has 6 nitrogen and oxygen atoms in total. The van der Waals surface area contributed by atoms with E-state index in [-0.39, 0.29) is 0 Å². The van der Waals surface area contributed by atoms with Crippen molar-refractivity contribution in [1.29, 1.82) is 0 Å². The number of rotatable bonds is 3. The van der Waals surface area contributed by atoms with E-state index in [4.69, 9.17) is 28.0 Å². The molecule has 3 rings (SSSR count). The van der Waals surface area contributed by atoms with Gasteiger partial charge in [-0.05, 0) is 55.3 Å². The van der Waals surface area contributed by atoms with Crippen molar-refractivity contribution in [3.63, 3.8) is 0 Å². The van der Waals surface area contributed by atoms with Crippen LogP contribution in [0.1, 0.15) is 40.4 Å². The molecule has 0 saturated carbocycles. The minimum Gasteiger partial charge on any atom is -0.452 e. The van der Waals surface area contributed by atoms with Crippen molar-refractivity contribution in [3.05, 3.63) is 68.7 Å². The predicted molar refractivity (Wildman–Crippen MR) is 112 cm³/mol. The number of imide groups is 1. The SMILES string of the molecule is COC(=O)N(C)C(=O)c1ccc(C2=NOC(C)(c3cc(Cl)cc(Cl)c3)C2)cc1C. The van der Waals surface area contributed by atoms with Crippen LogP contribution in [0.2, 0.25) is 10.0 Å². The lowest BCUT2D eigenvalue weighted by atomic mass is 9.88. The average molecular weight is 435 g/mol. The van der Waals surface area contributed by atoms with E-state index in [0.29, 0.717) is 27.6 Å². The number of carbonyl (C=O) groups excluding carboxylic acids is 2.